The molecule has 1 aromatic heterocycles. The number of pyridine rings is 1. The lowest BCUT2D eigenvalue weighted by atomic mass is 10.1. The van der Waals surface area contributed by atoms with E-state index in [0.717, 1.165) is 5.56 Å². The summed E-state index contributed by atoms with van der Waals surface area (Å²) in [6.07, 6.45) is 3.35. The summed E-state index contributed by atoms with van der Waals surface area (Å²) in [5.41, 5.74) is 1.03. The topological polar surface area (TPSA) is 16.1 Å². The lowest BCUT2D eigenvalue weighted by molar-refractivity contribution is -0.133. The molecule has 0 radical (unpaired) electrons. The van der Waals surface area contributed by atoms with Crippen LogP contribution in [0.25, 0.3) is 0 Å². The maximum absolute atomic E-state index is 12.4. The molecule has 0 unspecified atom stereocenters. The van der Waals surface area contributed by atoms with Gasteiger partial charge in [0.15, 0.2) is 0 Å². The molecule has 0 amide bonds. The molecule has 1 fully saturated rings. The Morgan fingerprint density at radius 1 is 1.31 bits per heavy atom. The Hall–Kier alpha value is -1.03. The maximum atomic E-state index is 12.4. The lowest BCUT2D eigenvalue weighted by Gasteiger charge is -2.38. The molecule has 2 rings (SSSR count). The number of likely N-dealkylation sites (tertiary alicyclic amines) is 1. The molecule has 1 aliphatic heterocycles. The summed E-state index contributed by atoms with van der Waals surface area (Å²) < 4.78 is 24.9. The van der Waals surface area contributed by atoms with Crippen LogP contribution < -0.4 is 0 Å². The van der Waals surface area contributed by atoms with Gasteiger partial charge in [0.2, 0.25) is 0 Å². The lowest BCUT2D eigenvalue weighted by Crippen LogP contribution is -2.55. The molecule has 0 spiro atoms. The van der Waals surface area contributed by atoms with E-state index in [0.29, 0.717) is 6.54 Å². The van der Waals surface area contributed by atoms with Crippen LogP contribution in [0.2, 0.25) is 0 Å². The SMILES string of the molecule is FC1(F)CN(Cc2ccncc2)C1. The predicted octanol–water partition coefficient (Wildman–Crippen LogP) is 1.53. The number of alkyl halides is 2. The van der Waals surface area contributed by atoms with E-state index < -0.39 is 5.92 Å². The van der Waals surface area contributed by atoms with E-state index in [9.17, 15) is 8.78 Å². The van der Waals surface area contributed by atoms with E-state index in [4.69, 9.17) is 0 Å². The molecule has 0 N–H and O–H groups in total. The van der Waals surface area contributed by atoms with Crippen molar-refractivity contribution in [3.05, 3.63) is 30.1 Å². The zero-order valence-electron chi connectivity index (χ0n) is 7.08. The van der Waals surface area contributed by atoms with Gasteiger partial charge >= 0.3 is 0 Å². The standard InChI is InChI=1S/C9H10F2N2/c10-9(11)6-13(7-9)5-8-1-3-12-4-2-8/h1-4H,5-7H2. The van der Waals surface area contributed by atoms with Crippen LogP contribution in [0.5, 0.6) is 0 Å². The Bertz CT molecular complexity index is 279. The second-order valence-corrected chi connectivity index (χ2v) is 3.36. The van der Waals surface area contributed by atoms with Crippen LogP contribution in [-0.2, 0) is 6.54 Å². The molecule has 0 bridgehead atoms. The molecular weight excluding hydrogens is 174 g/mol. The minimum Gasteiger partial charge on any atom is -0.287 e. The highest BCUT2D eigenvalue weighted by Gasteiger charge is 2.43. The summed E-state index contributed by atoms with van der Waals surface area (Å²) in [6.45, 7) is 0.364. The molecule has 0 aliphatic carbocycles. The zero-order chi connectivity index (χ0) is 9.31. The molecule has 1 aliphatic rings. The van der Waals surface area contributed by atoms with E-state index in [-0.39, 0.29) is 13.1 Å². The molecular formula is C9H10F2N2. The highest BCUT2D eigenvalue weighted by molar-refractivity contribution is 5.10. The molecule has 0 aromatic carbocycles. The normalized spacial score (nSPS) is 21.1. The first-order valence-electron chi connectivity index (χ1n) is 4.15. The highest BCUT2D eigenvalue weighted by Crippen LogP contribution is 2.27. The van der Waals surface area contributed by atoms with Crippen LogP contribution in [-0.4, -0.2) is 28.9 Å². The van der Waals surface area contributed by atoms with Gasteiger partial charge in [0.25, 0.3) is 5.92 Å². The molecule has 0 atom stereocenters. The van der Waals surface area contributed by atoms with Crippen molar-refractivity contribution in [1.29, 1.82) is 0 Å². The number of halogens is 2. The fourth-order valence-corrected chi connectivity index (χ4v) is 1.47. The number of nitrogens with zero attached hydrogens (tertiary/aromatic N) is 2. The van der Waals surface area contributed by atoms with Crippen LogP contribution in [0.15, 0.2) is 24.5 Å². The second-order valence-electron chi connectivity index (χ2n) is 3.36. The van der Waals surface area contributed by atoms with E-state index in [1.165, 1.54) is 0 Å². The first-order chi connectivity index (χ1) is 6.16. The van der Waals surface area contributed by atoms with Gasteiger partial charge in [0.1, 0.15) is 0 Å². The summed E-state index contributed by atoms with van der Waals surface area (Å²) in [4.78, 5) is 5.58. The minimum atomic E-state index is -2.47. The van der Waals surface area contributed by atoms with Gasteiger partial charge in [-0.3, -0.25) is 9.88 Å². The average molecular weight is 184 g/mol. The van der Waals surface area contributed by atoms with Crippen molar-refractivity contribution in [2.45, 2.75) is 12.5 Å². The minimum absolute atomic E-state index is 0.116. The summed E-state index contributed by atoms with van der Waals surface area (Å²) >= 11 is 0. The number of hydrogen-bond acceptors (Lipinski definition) is 2. The molecule has 70 valence electrons. The largest absolute Gasteiger partial charge is 0.287 e. The molecule has 1 saturated heterocycles. The number of rotatable bonds is 2. The maximum Gasteiger partial charge on any atom is 0.272 e. The first kappa shape index (κ1) is 8.56. The Kier molecular flexibility index (Phi) is 2.00. The Labute approximate surface area is 75.2 Å². The van der Waals surface area contributed by atoms with Gasteiger partial charge in [-0.1, -0.05) is 0 Å². The van der Waals surface area contributed by atoms with Gasteiger partial charge in [-0.25, -0.2) is 8.78 Å². The molecule has 2 nitrogen and oxygen atoms in total. The van der Waals surface area contributed by atoms with Crippen LogP contribution >= 0.6 is 0 Å². The van der Waals surface area contributed by atoms with E-state index in [1.54, 1.807) is 17.3 Å². The predicted molar refractivity (Wildman–Crippen MR) is 44.5 cm³/mol. The van der Waals surface area contributed by atoms with Crippen molar-refractivity contribution in [3.8, 4) is 0 Å². The molecule has 13 heavy (non-hydrogen) atoms. The first-order valence-corrected chi connectivity index (χ1v) is 4.15. The van der Waals surface area contributed by atoms with Crippen molar-refractivity contribution in [2.75, 3.05) is 13.1 Å². The van der Waals surface area contributed by atoms with Crippen LogP contribution in [0, 0.1) is 0 Å². The van der Waals surface area contributed by atoms with Crippen molar-refractivity contribution < 1.29 is 8.78 Å². The smallest absolute Gasteiger partial charge is 0.272 e. The summed E-state index contributed by atoms with van der Waals surface area (Å²) in [7, 11) is 0. The van der Waals surface area contributed by atoms with Crippen molar-refractivity contribution in [3.63, 3.8) is 0 Å². The molecule has 1 aromatic rings. The van der Waals surface area contributed by atoms with Crippen molar-refractivity contribution >= 4 is 0 Å². The molecule has 0 saturated carbocycles. The van der Waals surface area contributed by atoms with Crippen molar-refractivity contribution in [1.82, 2.24) is 9.88 Å². The second kappa shape index (κ2) is 3.03. The number of aromatic nitrogens is 1. The van der Waals surface area contributed by atoms with Crippen molar-refractivity contribution in [2.24, 2.45) is 0 Å². The summed E-state index contributed by atoms with van der Waals surface area (Å²) in [5, 5.41) is 0. The molecule has 4 heteroatoms. The van der Waals surface area contributed by atoms with E-state index >= 15 is 0 Å². The van der Waals surface area contributed by atoms with Crippen LogP contribution in [0.4, 0.5) is 8.78 Å². The van der Waals surface area contributed by atoms with Gasteiger partial charge in [-0.05, 0) is 17.7 Å². The van der Waals surface area contributed by atoms with Gasteiger partial charge in [0, 0.05) is 18.9 Å². The van der Waals surface area contributed by atoms with Gasteiger partial charge in [-0.15, -0.1) is 0 Å². The Balaban J connectivity index is 1.88. The zero-order valence-corrected chi connectivity index (χ0v) is 7.08. The van der Waals surface area contributed by atoms with Crippen LogP contribution in [0.3, 0.4) is 0 Å². The van der Waals surface area contributed by atoms with Crippen LogP contribution in [0.1, 0.15) is 5.56 Å². The molecule has 2 heterocycles. The third-order valence-electron chi connectivity index (χ3n) is 2.07. The third-order valence-corrected chi connectivity index (χ3v) is 2.07. The highest BCUT2D eigenvalue weighted by atomic mass is 19.3. The van der Waals surface area contributed by atoms with Gasteiger partial charge < -0.3 is 0 Å². The fourth-order valence-electron chi connectivity index (χ4n) is 1.47. The quantitative estimate of drug-likeness (QED) is 0.693. The average Bonchev–Trinajstić information content (AvgIpc) is 2.03. The van der Waals surface area contributed by atoms with E-state index in [1.807, 2.05) is 12.1 Å². The van der Waals surface area contributed by atoms with E-state index in [2.05, 4.69) is 4.98 Å². The summed E-state index contributed by atoms with van der Waals surface area (Å²) in [6, 6.07) is 3.69. The Morgan fingerprint density at radius 2 is 1.92 bits per heavy atom. The monoisotopic (exact) mass is 184 g/mol. The van der Waals surface area contributed by atoms with Gasteiger partial charge in [0.05, 0.1) is 13.1 Å². The fraction of sp³-hybridized carbons (Fsp3) is 0.444. The Morgan fingerprint density at radius 3 is 2.46 bits per heavy atom. The van der Waals surface area contributed by atoms with Gasteiger partial charge in [-0.2, -0.15) is 0 Å². The summed E-state index contributed by atoms with van der Waals surface area (Å²) in [5.74, 6) is -2.47. The number of hydrogen-bond donors (Lipinski definition) is 0. The third kappa shape index (κ3) is 2.01.